The van der Waals surface area contributed by atoms with Gasteiger partial charge in [0.05, 0.1) is 16.3 Å². The van der Waals surface area contributed by atoms with Crippen molar-refractivity contribution in [2.45, 2.75) is 6.92 Å². The zero-order valence-electron chi connectivity index (χ0n) is 17.6. The van der Waals surface area contributed by atoms with E-state index in [1.807, 2.05) is 60.7 Å². The number of para-hydroxylation sites is 1. The minimum Gasteiger partial charge on any atom is -0.457 e. The van der Waals surface area contributed by atoms with Crippen molar-refractivity contribution in [2.24, 2.45) is 0 Å². The minimum absolute atomic E-state index is 0.168. The van der Waals surface area contributed by atoms with Crippen LogP contribution in [0.25, 0.3) is 11.1 Å². The van der Waals surface area contributed by atoms with Crippen LogP contribution in [-0.4, -0.2) is 11.7 Å². The monoisotopic (exact) mass is 475 g/mol. The summed E-state index contributed by atoms with van der Waals surface area (Å²) < 4.78 is 5.83. The third kappa shape index (κ3) is 5.43. The number of anilines is 1. The van der Waals surface area contributed by atoms with Gasteiger partial charge in [-0.2, -0.15) is 0 Å². The van der Waals surface area contributed by atoms with Crippen LogP contribution in [-0.2, 0) is 0 Å². The number of nitrogens with one attached hydrogen (secondary N) is 1. The summed E-state index contributed by atoms with van der Waals surface area (Å²) in [7, 11) is 0. The summed E-state index contributed by atoms with van der Waals surface area (Å²) in [5.41, 5.74) is 2.83. The molecule has 4 aromatic carbocycles. The van der Waals surface area contributed by atoms with Gasteiger partial charge in [0.15, 0.2) is 5.78 Å². The number of benzene rings is 4. The highest BCUT2D eigenvalue weighted by Gasteiger charge is 2.16. The average molecular weight is 476 g/mol. The Morgan fingerprint density at radius 1 is 0.727 bits per heavy atom. The molecule has 6 heteroatoms. The number of Topliss-reactive ketones (excluding diaryl/α,β-unsaturated/α-hetero) is 1. The van der Waals surface area contributed by atoms with Crippen molar-refractivity contribution in [1.82, 2.24) is 0 Å². The van der Waals surface area contributed by atoms with Gasteiger partial charge in [-0.15, -0.1) is 0 Å². The Morgan fingerprint density at radius 2 is 1.39 bits per heavy atom. The van der Waals surface area contributed by atoms with Crippen LogP contribution < -0.4 is 10.1 Å². The van der Waals surface area contributed by atoms with Crippen LogP contribution in [0, 0.1) is 0 Å². The Hall–Kier alpha value is -3.60. The summed E-state index contributed by atoms with van der Waals surface area (Å²) in [4.78, 5) is 25.0. The largest absolute Gasteiger partial charge is 0.457 e. The molecule has 4 aromatic rings. The van der Waals surface area contributed by atoms with E-state index in [-0.39, 0.29) is 16.4 Å². The number of carbonyl (C=O) groups is 2. The van der Waals surface area contributed by atoms with Crippen molar-refractivity contribution in [1.29, 1.82) is 0 Å². The van der Waals surface area contributed by atoms with Crippen molar-refractivity contribution in [3.8, 4) is 22.6 Å². The molecule has 0 unspecified atom stereocenters. The predicted octanol–water partition coefficient (Wildman–Crippen LogP) is 7.91. The molecule has 1 amide bonds. The van der Waals surface area contributed by atoms with E-state index < -0.39 is 5.91 Å². The molecule has 0 bridgehead atoms. The maximum Gasteiger partial charge on any atom is 0.257 e. The second-order valence-corrected chi connectivity index (χ2v) is 8.18. The Kier molecular flexibility index (Phi) is 6.78. The summed E-state index contributed by atoms with van der Waals surface area (Å²) in [5, 5.41) is 3.45. The van der Waals surface area contributed by atoms with Crippen molar-refractivity contribution in [2.75, 3.05) is 5.32 Å². The van der Waals surface area contributed by atoms with Gasteiger partial charge in [-0.1, -0.05) is 59.6 Å². The fourth-order valence-corrected chi connectivity index (χ4v) is 3.82. The lowest BCUT2D eigenvalue weighted by molar-refractivity contribution is 0.101. The fourth-order valence-electron chi connectivity index (χ4n) is 3.33. The Morgan fingerprint density at radius 3 is 2.06 bits per heavy atom. The summed E-state index contributed by atoms with van der Waals surface area (Å²) in [6.07, 6.45) is 0. The molecule has 33 heavy (non-hydrogen) atoms. The number of ether oxygens (including phenoxy) is 1. The van der Waals surface area contributed by atoms with Gasteiger partial charge in [-0.3, -0.25) is 9.59 Å². The molecule has 0 aromatic heterocycles. The maximum absolute atomic E-state index is 12.7. The molecule has 4 nitrogen and oxygen atoms in total. The zero-order valence-corrected chi connectivity index (χ0v) is 19.2. The van der Waals surface area contributed by atoms with Crippen LogP contribution in [0.2, 0.25) is 10.0 Å². The van der Waals surface area contributed by atoms with Crippen LogP contribution in [0.4, 0.5) is 5.69 Å². The number of halogens is 2. The number of ketones is 1. The molecular formula is C27H19Cl2NO3. The quantitative estimate of drug-likeness (QED) is 0.288. The van der Waals surface area contributed by atoms with Gasteiger partial charge in [-0.25, -0.2) is 0 Å². The number of hydrogen-bond acceptors (Lipinski definition) is 3. The molecule has 1 N–H and O–H groups in total. The summed E-state index contributed by atoms with van der Waals surface area (Å²) in [6.45, 7) is 1.46. The number of hydrogen-bond donors (Lipinski definition) is 1. The van der Waals surface area contributed by atoms with Crippen LogP contribution in [0.1, 0.15) is 27.6 Å². The molecular weight excluding hydrogens is 457 g/mol. The van der Waals surface area contributed by atoms with Crippen molar-refractivity contribution >= 4 is 40.6 Å². The van der Waals surface area contributed by atoms with Gasteiger partial charge in [0.25, 0.3) is 5.91 Å². The highest BCUT2D eigenvalue weighted by Crippen LogP contribution is 2.30. The minimum atomic E-state index is -0.422. The van der Waals surface area contributed by atoms with Crippen LogP contribution in [0.3, 0.4) is 0 Å². The van der Waals surface area contributed by atoms with E-state index in [0.717, 1.165) is 16.9 Å². The maximum atomic E-state index is 12.7. The van der Waals surface area contributed by atoms with E-state index in [4.69, 9.17) is 27.9 Å². The fraction of sp³-hybridized carbons (Fsp3) is 0.0370. The first-order valence-electron chi connectivity index (χ1n) is 10.2. The topological polar surface area (TPSA) is 55.4 Å². The molecule has 0 atom stereocenters. The molecule has 0 saturated heterocycles. The van der Waals surface area contributed by atoms with Crippen LogP contribution in [0.5, 0.6) is 11.5 Å². The van der Waals surface area contributed by atoms with Gasteiger partial charge in [0, 0.05) is 10.6 Å². The van der Waals surface area contributed by atoms with Gasteiger partial charge in [0.2, 0.25) is 0 Å². The predicted molar refractivity (Wildman–Crippen MR) is 133 cm³/mol. The Bertz CT molecular complexity index is 1320. The van der Waals surface area contributed by atoms with E-state index in [1.165, 1.54) is 13.0 Å². The molecule has 0 radical (unpaired) electrons. The van der Waals surface area contributed by atoms with E-state index >= 15 is 0 Å². The molecule has 0 spiro atoms. The van der Waals surface area contributed by atoms with E-state index in [0.29, 0.717) is 22.0 Å². The average Bonchev–Trinajstić information content (AvgIpc) is 2.80. The standard InChI is InChI=1S/C27H19Cl2NO3/c1-17(31)24-15-19(18-7-11-22(12-8-18)33-21-5-3-2-4-6-21)9-14-26(24)30-27(32)23-13-10-20(28)16-25(23)29/h2-16H,1H3,(H,30,32). The normalized spacial score (nSPS) is 10.5. The summed E-state index contributed by atoms with van der Waals surface area (Å²) in [5.74, 6) is 0.873. The molecule has 0 aliphatic rings. The van der Waals surface area contributed by atoms with E-state index in [9.17, 15) is 9.59 Å². The van der Waals surface area contributed by atoms with Gasteiger partial charge < -0.3 is 10.1 Å². The van der Waals surface area contributed by atoms with Crippen molar-refractivity contribution < 1.29 is 14.3 Å². The number of rotatable bonds is 6. The highest BCUT2D eigenvalue weighted by atomic mass is 35.5. The zero-order chi connectivity index (χ0) is 23.4. The molecule has 4 rings (SSSR count). The first-order valence-corrected chi connectivity index (χ1v) is 10.9. The lowest BCUT2D eigenvalue weighted by Gasteiger charge is -2.13. The summed E-state index contributed by atoms with van der Waals surface area (Å²) in [6, 6.07) is 27.0. The lowest BCUT2D eigenvalue weighted by Crippen LogP contribution is -2.15. The van der Waals surface area contributed by atoms with Gasteiger partial charge in [0.1, 0.15) is 11.5 Å². The van der Waals surface area contributed by atoms with Gasteiger partial charge in [-0.05, 0) is 72.6 Å². The van der Waals surface area contributed by atoms with Crippen LogP contribution in [0.15, 0.2) is 91.0 Å². The van der Waals surface area contributed by atoms with Crippen molar-refractivity contribution in [3.05, 3.63) is 112 Å². The van der Waals surface area contributed by atoms with E-state index in [2.05, 4.69) is 5.32 Å². The molecule has 0 fully saturated rings. The van der Waals surface area contributed by atoms with E-state index in [1.54, 1.807) is 24.3 Å². The summed E-state index contributed by atoms with van der Waals surface area (Å²) >= 11 is 12.0. The molecule has 164 valence electrons. The second kappa shape index (κ2) is 9.90. The smallest absolute Gasteiger partial charge is 0.257 e. The third-order valence-corrected chi connectivity index (χ3v) is 5.54. The molecule has 0 aliphatic heterocycles. The Labute approximate surface area is 201 Å². The number of amides is 1. The Balaban J connectivity index is 1.57. The van der Waals surface area contributed by atoms with Crippen molar-refractivity contribution in [3.63, 3.8) is 0 Å². The second-order valence-electron chi connectivity index (χ2n) is 7.33. The highest BCUT2D eigenvalue weighted by molar-refractivity contribution is 6.37. The van der Waals surface area contributed by atoms with Gasteiger partial charge >= 0.3 is 0 Å². The SMILES string of the molecule is CC(=O)c1cc(-c2ccc(Oc3ccccc3)cc2)ccc1NC(=O)c1ccc(Cl)cc1Cl. The molecule has 0 saturated carbocycles. The third-order valence-electron chi connectivity index (χ3n) is 4.99. The number of carbonyl (C=O) groups excluding carboxylic acids is 2. The van der Waals surface area contributed by atoms with Crippen LogP contribution >= 0.6 is 23.2 Å². The molecule has 0 heterocycles. The first kappa shape index (κ1) is 22.6. The lowest BCUT2D eigenvalue weighted by atomic mass is 9.99. The molecule has 0 aliphatic carbocycles. The first-order chi connectivity index (χ1) is 15.9.